The largest absolute Gasteiger partial charge is 0.477 e. The Balaban J connectivity index is 1.45. The van der Waals surface area contributed by atoms with Gasteiger partial charge in [-0.15, -0.1) is 41.3 Å². The lowest BCUT2D eigenvalue weighted by atomic mass is 10.0. The summed E-state index contributed by atoms with van der Waals surface area (Å²) in [6.45, 7) is -0.187. The molecule has 0 unspecified atom stereocenters. The van der Waals surface area contributed by atoms with Crippen LogP contribution in [0.25, 0.3) is 0 Å². The second-order valence-electron chi connectivity index (χ2n) is 7.73. The Morgan fingerprint density at radius 2 is 2.15 bits per heavy atom. The summed E-state index contributed by atoms with van der Waals surface area (Å²) in [7, 11) is 0. The lowest BCUT2D eigenvalue weighted by molar-refractivity contribution is -0.150. The van der Waals surface area contributed by atoms with Crippen molar-refractivity contribution in [3.8, 4) is 12.3 Å². The fourth-order valence-electron chi connectivity index (χ4n) is 3.57. The third-order valence-electron chi connectivity index (χ3n) is 5.16. The van der Waals surface area contributed by atoms with E-state index in [4.69, 9.17) is 28.5 Å². The number of carboxylic acid groups (broad SMARTS) is 1. The maximum absolute atomic E-state index is 13.0. The van der Waals surface area contributed by atoms with Gasteiger partial charge in [-0.05, 0) is 5.57 Å². The molecule has 2 aliphatic rings. The molecule has 1 saturated heterocycles. The summed E-state index contributed by atoms with van der Waals surface area (Å²) in [6, 6.07) is 0.589. The predicted octanol–water partition coefficient (Wildman–Crippen LogP) is 0.121. The summed E-state index contributed by atoms with van der Waals surface area (Å²) in [6.07, 6.45) is 8.55. The van der Waals surface area contributed by atoms with E-state index in [0.29, 0.717) is 22.1 Å². The van der Waals surface area contributed by atoms with Crippen molar-refractivity contribution in [3.05, 3.63) is 40.6 Å². The molecule has 4 rings (SSSR count). The highest BCUT2D eigenvalue weighted by molar-refractivity contribution is 8.00. The van der Waals surface area contributed by atoms with Crippen molar-refractivity contribution < 1.29 is 24.3 Å². The van der Waals surface area contributed by atoms with Crippen molar-refractivity contribution in [2.45, 2.75) is 16.4 Å². The number of oxime groups is 1. The number of hydrogen-bond donors (Lipinski definition) is 5. The van der Waals surface area contributed by atoms with Gasteiger partial charge in [-0.1, -0.05) is 23.2 Å². The van der Waals surface area contributed by atoms with Crippen molar-refractivity contribution in [3.63, 3.8) is 0 Å². The number of carbonyl (C=O) groups is 3. The molecule has 8 N–H and O–H groups in total. The van der Waals surface area contributed by atoms with Gasteiger partial charge in [0.05, 0.1) is 0 Å². The molecule has 202 valence electrons. The highest BCUT2D eigenvalue weighted by Gasteiger charge is 2.54. The van der Waals surface area contributed by atoms with Crippen LogP contribution in [-0.4, -0.2) is 78.0 Å². The van der Waals surface area contributed by atoms with E-state index in [0.717, 1.165) is 16.2 Å². The van der Waals surface area contributed by atoms with Gasteiger partial charge in [0.25, 0.3) is 11.8 Å². The number of anilines is 3. The number of carboxylic acids is 1. The van der Waals surface area contributed by atoms with Gasteiger partial charge < -0.3 is 32.5 Å². The molecule has 0 spiro atoms. The molecule has 17 heteroatoms. The molecular weight excluding hydrogens is 567 g/mol. The van der Waals surface area contributed by atoms with Crippen LogP contribution in [0.15, 0.2) is 45.1 Å². The van der Waals surface area contributed by atoms with Crippen molar-refractivity contribution in [2.75, 3.05) is 35.3 Å². The molecule has 2 aromatic rings. The SMILES string of the molecule is C#CCO/N=C(\C(=O)N[C@@H]1C(=O)N2C(C(=O)O)=C(/C=C/CSc3cc(N)nc(N)n3)CS[C@H]12)c1csc(N)n1. The maximum atomic E-state index is 13.0. The Hall–Kier alpha value is -4.27. The van der Waals surface area contributed by atoms with Gasteiger partial charge in [-0.2, -0.15) is 4.98 Å². The molecular formula is C22H21N9O5S3. The van der Waals surface area contributed by atoms with Crippen LogP contribution in [0.3, 0.4) is 0 Å². The molecule has 0 aromatic carbocycles. The van der Waals surface area contributed by atoms with Crippen LogP contribution in [0.1, 0.15) is 5.69 Å². The number of aliphatic carboxylic acids is 1. The topological polar surface area (TPSA) is 225 Å². The van der Waals surface area contributed by atoms with Crippen LogP contribution >= 0.6 is 34.9 Å². The minimum Gasteiger partial charge on any atom is -0.477 e. The fraction of sp³-hybridized carbons (Fsp3) is 0.227. The number of aromatic nitrogens is 3. The number of hydrogen-bond acceptors (Lipinski definition) is 14. The third-order valence-corrected chi connectivity index (χ3v) is 8.00. The smallest absolute Gasteiger partial charge is 0.352 e. The first kappa shape index (κ1) is 27.8. The van der Waals surface area contributed by atoms with Gasteiger partial charge in [0, 0.05) is 23.0 Å². The van der Waals surface area contributed by atoms with Crippen molar-refractivity contribution >= 4 is 75.3 Å². The van der Waals surface area contributed by atoms with Gasteiger partial charge >= 0.3 is 5.97 Å². The number of allylic oxidation sites excluding steroid dienone is 1. The van der Waals surface area contributed by atoms with Crippen LogP contribution < -0.4 is 22.5 Å². The lowest BCUT2D eigenvalue weighted by Gasteiger charge is -2.49. The number of carbonyl (C=O) groups excluding carboxylic acids is 2. The minimum atomic E-state index is -1.26. The average Bonchev–Trinajstić information content (AvgIpc) is 3.32. The summed E-state index contributed by atoms with van der Waals surface area (Å²) in [5, 5.41) is 17.9. The number of terminal acetylenes is 1. The molecule has 14 nitrogen and oxygen atoms in total. The molecule has 0 aliphatic carbocycles. The van der Waals surface area contributed by atoms with Gasteiger partial charge in [-0.3, -0.25) is 14.5 Å². The predicted molar refractivity (Wildman–Crippen MR) is 148 cm³/mol. The summed E-state index contributed by atoms with van der Waals surface area (Å²) in [4.78, 5) is 56.1. The van der Waals surface area contributed by atoms with Gasteiger partial charge in [-0.25, -0.2) is 14.8 Å². The molecule has 0 bridgehead atoms. The molecule has 2 amide bonds. The lowest BCUT2D eigenvalue weighted by Crippen LogP contribution is -2.71. The van der Waals surface area contributed by atoms with Crippen LogP contribution in [-0.2, 0) is 19.2 Å². The van der Waals surface area contributed by atoms with Crippen LogP contribution in [0.2, 0.25) is 0 Å². The van der Waals surface area contributed by atoms with Gasteiger partial charge in [0.2, 0.25) is 5.95 Å². The van der Waals surface area contributed by atoms with E-state index in [2.05, 4.69) is 31.3 Å². The maximum Gasteiger partial charge on any atom is 0.352 e. The first-order valence-corrected chi connectivity index (χ1v) is 13.9. The Morgan fingerprint density at radius 1 is 1.36 bits per heavy atom. The zero-order valence-corrected chi connectivity index (χ0v) is 22.4. The molecule has 0 saturated carbocycles. The number of thioether (sulfide) groups is 2. The normalized spacial score (nSPS) is 18.9. The van der Waals surface area contributed by atoms with E-state index in [1.165, 1.54) is 28.9 Å². The van der Waals surface area contributed by atoms with Crippen LogP contribution in [0, 0.1) is 12.3 Å². The number of thiazole rings is 1. The molecule has 39 heavy (non-hydrogen) atoms. The Kier molecular flexibility index (Phi) is 8.59. The third kappa shape index (κ3) is 6.25. The van der Waals surface area contributed by atoms with E-state index < -0.39 is 29.2 Å². The quantitative estimate of drug-likeness (QED) is 0.0474. The number of β-lactam (4-membered cyclic amide) rings is 1. The highest BCUT2D eigenvalue weighted by Crippen LogP contribution is 2.40. The minimum absolute atomic E-state index is 0.0548. The fourth-order valence-corrected chi connectivity index (χ4v) is 6.17. The second kappa shape index (κ2) is 12.1. The summed E-state index contributed by atoms with van der Waals surface area (Å²) < 4.78 is 0. The first-order chi connectivity index (χ1) is 18.7. The number of nitrogens with one attached hydrogen (secondary N) is 1. The number of nitrogens with zero attached hydrogens (tertiary/aromatic N) is 5. The summed E-state index contributed by atoms with van der Waals surface area (Å²) in [5.41, 5.74) is 17.2. The molecule has 4 heterocycles. The number of nitrogens with two attached hydrogens (primary N) is 3. The molecule has 2 atom stereocenters. The zero-order chi connectivity index (χ0) is 28.1. The van der Waals surface area contributed by atoms with Gasteiger partial charge in [0.1, 0.15) is 33.7 Å². The zero-order valence-electron chi connectivity index (χ0n) is 19.9. The van der Waals surface area contributed by atoms with E-state index in [9.17, 15) is 19.5 Å². The second-order valence-corrected chi connectivity index (χ2v) is 10.8. The number of fused-ring (bicyclic) bond motifs is 1. The molecule has 2 aromatic heterocycles. The Labute approximate surface area is 234 Å². The average molecular weight is 588 g/mol. The van der Waals surface area contributed by atoms with Crippen molar-refractivity contribution in [1.82, 2.24) is 25.2 Å². The monoisotopic (exact) mass is 587 g/mol. The summed E-state index contributed by atoms with van der Waals surface area (Å²) in [5.74, 6) is 0.682. The van der Waals surface area contributed by atoms with Crippen molar-refractivity contribution in [2.24, 2.45) is 5.16 Å². The first-order valence-electron chi connectivity index (χ1n) is 11.0. The molecule has 1 fully saturated rings. The Bertz CT molecular complexity index is 1430. The standard InChI is InChI=1S/C22H21N9O5S3/c1-2-5-36-30-14(11-9-39-22(25)26-11)17(32)29-15-18(33)31-16(20(34)35)10(8-38-19(15)31)4-3-6-37-13-7-12(23)27-21(24)28-13/h1,3-4,7,9,15,19H,5-6,8H2,(H2,25,26)(H,29,32)(H,34,35)(H4,23,24,27,28)/b4-3+,30-14-/t15-,19-/m1/s1. The molecule has 0 radical (unpaired) electrons. The van der Waals surface area contributed by atoms with E-state index in [1.807, 2.05) is 0 Å². The van der Waals surface area contributed by atoms with E-state index >= 15 is 0 Å². The van der Waals surface area contributed by atoms with Crippen LogP contribution in [0.4, 0.5) is 16.9 Å². The van der Waals surface area contributed by atoms with Crippen LogP contribution in [0.5, 0.6) is 0 Å². The Morgan fingerprint density at radius 3 is 2.82 bits per heavy atom. The number of amides is 2. The van der Waals surface area contributed by atoms with Crippen molar-refractivity contribution in [1.29, 1.82) is 0 Å². The van der Waals surface area contributed by atoms with E-state index in [1.54, 1.807) is 18.2 Å². The summed E-state index contributed by atoms with van der Waals surface area (Å²) >= 11 is 3.74. The van der Waals surface area contributed by atoms with Gasteiger partial charge in [0.15, 0.2) is 17.5 Å². The van der Waals surface area contributed by atoms with E-state index in [-0.39, 0.29) is 40.6 Å². The number of rotatable bonds is 10. The molecule has 2 aliphatic heterocycles. The number of nitrogen functional groups attached to an aromatic ring is 3. The highest BCUT2D eigenvalue weighted by atomic mass is 32.2.